The molecule has 0 spiro atoms. The summed E-state index contributed by atoms with van der Waals surface area (Å²) in [5, 5.41) is 12.0. The van der Waals surface area contributed by atoms with Gasteiger partial charge in [0, 0.05) is 12.6 Å². The van der Waals surface area contributed by atoms with Crippen LogP contribution in [-0.4, -0.2) is 30.3 Å². The Bertz CT molecular complexity index is 393. The summed E-state index contributed by atoms with van der Waals surface area (Å²) in [6.45, 7) is 5.15. The first-order valence-corrected chi connectivity index (χ1v) is 5.51. The summed E-state index contributed by atoms with van der Waals surface area (Å²) in [5.74, 6) is -0.981. The molecule has 1 unspecified atom stereocenters. The van der Waals surface area contributed by atoms with E-state index in [-0.39, 0.29) is 11.6 Å². The Balaban J connectivity index is 2.69. The van der Waals surface area contributed by atoms with Gasteiger partial charge in [0.2, 0.25) is 0 Å². The van der Waals surface area contributed by atoms with Gasteiger partial charge in [-0.3, -0.25) is 0 Å². The number of anilines is 2. The molecule has 0 aromatic heterocycles. The maximum Gasteiger partial charge on any atom is 0.335 e. The summed E-state index contributed by atoms with van der Waals surface area (Å²) in [4.78, 5) is 10.7. The van der Waals surface area contributed by atoms with Crippen LogP contribution in [-0.2, 0) is 4.74 Å². The molecular weight excluding hydrogens is 220 g/mol. The molecule has 0 aliphatic heterocycles. The van der Waals surface area contributed by atoms with E-state index in [9.17, 15) is 4.79 Å². The van der Waals surface area contributed by atoms with Crippen molar-refractivity contribution in [3.8, 4) is 0 Å². The third-order valence-electron chi connectivity index (χ3n) is 2.27. The Morgan fingerprint density at radius 1 is 1.59 bits per heavy atom. The van der Waals surface area contributed by atoms with Crippen LogP contribution in [0.2, 0.25) is 0 Å². The van der Waals surface area contributed by atoms with Gasteiger partial charge in [0.1, 0.15) is 0 Å². The van der Waals surface area contributed by atoms with Crippen molar-refractivity contribution in [2.24, 2.45) is 0 Å². The van der Waals surface area contributed by atoms with Crippen LogP contribution in [0, 0.1) is 0 Å². The van der Waals surface area contributed by atoms with Gasteiger partial charge in [-0.25, -0.2) is 4.79 Å². The molecule has 1 aromatic carbocycles. The Labute approximate surface area is 101 Å². The van der Waals surface area contributed by atoms with E-state index >= 15 is 0 Å². The second-order valence-electron chi connectivity index (χ2n) is 3.81. The molecule has 0 bridgehead atoms. The van der Waals surface area contributed by atoms with Crippen LogP contribution in [0.3, 0.4) is 0 Å². The summed E-state index contributed by atoms with van der Waals surface area (Å²) in [7, 11) is 0. The zero-order valence-corrected chi connectivity index (χ0v) is 10.1. The number of nitrogens with two attached hydrogens (primary N) is 1. The molecule has 94 valence electrons. The number of nitrogen functional groups attached to an aromatic ring is 1. The van der Waals surface area contributed by atoms with E-state index in [1.165, 1.54) is 12.1 Å². The highest BCUT2D eigenvalue weighted by Gasteiger charge is 2.08. The van der Waals surface area contributed by atoms with Gasteiger partial charge in [-0.1, -0.05) is 0 Å². The monoisotopic (exact) mass is 238 g/mol. The van der Waals surface area contributed by atoms with Crippen molar-refractivity contribution in [3.63, 3.8) is 0 Å². The molecule has 0 radical (unpaired) electrons. The Hall–Kier alpha value is -1.75. The average molecular weight is 238 g/mol. The minimum absolute atomic E-state index is 0.118. The SMILES string of the molecule is CCOCC(C)Nc1ccc(C(=O)O)cc1N. The number of hydrogen-bond donors (Lipinski definition) is 3. The van der Waals surface area contributed by atoms with Gasteiger partial charge in [-0.05, 0) is 32.0 Å². The second kappa shape index (κ2) is 6.10. The highest BCUT2D eigenvalue weighted by molar-refractivity contribution is 5.90. The Kier molecular flexibility index (Phi) is 4.78. The van der Waals surface area contributed by atoms with Gasteiger partial charge in [-0.15, -0.1) is 0 Å². The number of carboxylic acids is 1. The normalized spacial score (nSPS) is 12.1. The molecular formula is C12H18N2O3. The molecule has 1 atom stereocenters. The number of benzene rings is 1. The Morgan fingerprint density at radius 3 is 2.82 bits per heavy atom. The number of ether oxygens (including phenoxy) is 1. The van der Waals surface area contributed by atoms with Gasteiger partial charge in [0.25, 0.3) is 0 Å². The molecule has 0 fully saturated rings. The lowest BCUT2D eigenvalue weighted by Crippen LogP contribution is -2.22. The number of hydrogen-bond acceptors (Lipinski definition) is 4. The fraction of sp³-hybridized carbons (Fsp3) is 0.417. The predicted molar refractivity (Wildman–Crippen MR) is 67.4 cm³/mol. The largest absolute Gasteiger partial charge is 0.478 e. The lowest BCUT2D eigenvalue weighted by Gasteiger charge is -2.16. The molecule has 0 aliphatic carbocycles. The lowest BCUT2D eigenvalue weighted by atomic mass is 10.1. The van der Waals surface area contributed by atoms with Crippen LogP contribution in [0.5, 0.6) is 0 Å². The fourth-order valence-electron chi connectivity index (χ4n) is 1.43. The topological polar surface area (TPSA) is 84.6 Å². The molecule has 0 heterocycles. The molecule has 0 amide bonds. The van der Waals surface area contributed by atoms with Gasteiger partial charge in [-0.2, -0.15) is 0 Å². The van der Waals surface area contributed by atoms with E-state index < -0.39 is 5.97 Å². The highest BCUT2D eigenvalue weighted by atomic mass is 16.5. The van der Waals surface area contributed by atoms with Crippen molar-refractivity contribution in [2.75, 3.05) is 24.3 Å². The summed E-state index contributed by atoms with van der Waals surface area (Å²) < 4.78 is 5.27. The summed E-state index contributed by atoms with van der Waals surface area (Å²) in [6.07, 6.45) is 0. The van der Waals surface area contributed by atoms with Crippen molar-refractivity contribution in [1.29, 1.82) is 0 Å². The van der Waals surface area contributed by atoms with E-state index in [1.807, 2.05) is 13.8 Å². The van der Waals surface area contributed by atoms with E-state index in [4.69, 9.17) is 15.6 Å². The smallest absolute Gasteiger partial charge is 0.335 e. The number of aromatic carboxylic acids is 1. The number of carbonyl (C=O) groups is 1. The number of rotatable bonds is 6. The van der Waals surface area contributed by atoms with Crippen LogP contribution in [0.25, 0.3) is 0 Å². The third kappa shape index (κ3) is 3.96. The first kappa shape index (κ1) is 13.3. The van der Waals surface area contributed by atoms with E-state index in [0.29, 0.717) is 18.9 Å². The zero-order chi connectivity index (χ0) is 12.8. The van der Waals surface area contributed by atoms with Crippen LogP contribution < -0.4 is 11.1 Å². The molecule has 4 N–H and O–H groups in total. The van der Waals surface area contributed by atoms with E-state index in [0.717, 1.165) is 5.69 Å². The van der Waals surface area contributed by atoms with Crippen LogP contribution >= 0.6 is 0 Å². The molecule has 1 aromatic rings. The minimum Gasteiger partial charge on any atom is -0.478 e. The number of nitrogens with one attached hydrogen (secondary N) is 1. The van der Waals surface area contributed by atoms with E-state index in [2.05, 4.69) is 5.32 Å². The maximum atomic E-state index is 10.7. The molecule has 0 saturated heterocycles. The summed E-state index contributed by atoms with van der Waals surface area (Å²) in [5.41, 5.74) is 7.10. The van der Waals surface area contributed by atoms with E-state index in [1.54, 1.807) is 6.07 Å². The first-order chi connectivity index (χ1) is 8.04. The molecule has 5 nitrogen and oxygen atoms in total. The first-order valence-electron chi connectivity index (χ1n) is 5.51. The highest BCUT2D eigenvalue weighted by Crippen LogP contribution is 2.20. The Morgan fingerprint density at radius 2 is 2.29 bits per heavy atom. The molecule has 0 saturated carbocycles. The van der Waals surface area contributed by atoms with Crippen molar-refractivity contribution >= 4 is 17.3 Å². The van der Waals surface area contributed by atoms with Gasteiger partial charge in [0.15, 0.2) is 0 Å². The van der Waals surface area contributed by atoms with Gasteiger partial charge in [0.05, 0.1) is 23.5 Å². The summed E-state index contributed by atoms with van der Waals surface area (Å²) >= 11 is 0. The third-order valence-corrected chi connectivity index (χ3v) is 2.27. The zero-order valence-electron chi connectivity index (χ0n) is 10.1. The van der Waals surface area contributed by atoms with Crippen LogP contribution in [0.15, 0.2) is 18.2 Å². The summed E-state index contributed by atoms with van der Waals surface area (Å²) in [6, 6.07) is 4.75. The molecule has 1 rings (SSSR count). The van der Waals surface area contributed by atoms with Crippen LogP contribution in [0.1, 0.15) is 24.2 Å². The quantitative estimate of drug-likeness (QED) is 0.658. The molecule has 5 heteroatoms. The number of carboxylic acid groups (broad SMARTS) is 1. The van der Waals surface area contributed by atoms with Gasteiger partial charge >= 0.3 is 5.97 Å². The van der Waals surface area contributed by atoms with Crippen molar-refractivity contribution < 1.29 is 14.6 Å². The van der Waals surface area contributed by atoms with Crippen LogP contribution in [0.4, 0.5) is 11.4 Å². The standard InChI is InChI=1S/C12H18N2O3/c1-3-17-7-8(2)14-11-5-4-9(12(15)16)6-10(11)13/h4-6,8,14H,3,7,13H2,1-2H3,(H,15,16). The maximum absolute atomic E-state index is 10.7. The lowest BCUT2D eigenvalue weighted by molar-refractivity contribution is 0.0697. The minimum atomic E-state index is -0.981. The van der Waals surface area contributed by atoms with Crippen molar-refractivity contribution in [2.45, 2.75) is 19.9 Å². The molecule has 17 heavy (non-hydrogen) atoms. The van der Waals surface area contributed by atoms with Crippen molar-refractivity contribution in [1.82, 2.24) is 0 Å². The predicted octanol–water partition coefficient (Wildman–Crippen LogP) is 1.80. The second-order valence-corrected chi connectivity index (χ2v) is 3.81. The molecule has 0 aliphatic rings. The van der Waals surface area contributed by atoms with Crippen molar-refractivity contribution in [3.05, 3.63) is 23.8 Å². The van der Waals surface area contributed by atoms with Gasteiger partial charge < -0.3 is 20.9 Å². The average Bonchev–Trinajstić information content (AvgIpc) is 2.28. The fourth-order valence-corrected chi connectivity index (χ4v) is 1.43.